The number of aromatic nitrogens is 2. The Labute approximate surface area is 140 Å². The zero-order valence-corrected chi connectivity index (χ0v) is 13.2. The third kappa shape index (κ3) is 2.83. The van der Waals surface area contributed by atoms with Crippen molar-refractivity contribution in [1.29, 1.82) is 0 Å². The summed E-state index contributed by atoms with van der Waals surface area (Å²) >= 11 is 0. The summed E-state index contributed by atoms with van der Waals surface area (Å²) in [6.45, 7) is 1.76. The first-order valence-corrected chi connectivity index (χ1v) is 8.08. The Hall–Kier alpha value is -2.88. The highest BCUT2D eigenvalue weighted by Gasteiger charge is 2.17. The van der Waals surface area contributed by atoms with Crippen molar-refractivity contribution in [2.24, 2.45) is 0 Å². The van der Waals surface area contributed by atoms with Gasteiger partial charge in [-0.15, -0.1) is 0 Å². The molecule has 120 valence electrons. The van der Waals surface area contributed by atoms with Gasteiger partial charge in [0.15, 0.2) is 0 Å². The molecule has 0 aliphatic carbocycles. The van der Waals surface area contributed by atoms with Gasteiger partial charge in [0.25, 0.3) is 0 Å². The molecule has 3 nitrogen and oxygen atoms in total. The van der Waals surface area contributed by atoms with Gasteiger partial charge in [0.1, 0.15) is 5.82 Å². The maximum Gasteiger partial charge on any atom is 0.123 e. The molecule has 1 aliphatic heterocycles. The molecule has 2 aromatic heterocycles. The largest absolute Gasteiger partial charge is 0.367 e. The number of H-pyrrole nitrogens is 1. The van der Waals surface area contributed by atoms with Crippen LogP contribution >= 0.6 is 0 Å². The molecule has 24 heavy (non-hydrogen) atoms. The molecular weight excluding hydrogens is 301 g/mol. The fourth-order valence-corrected chi connectivity index (χ4v) is 3.20. The second kappa shape index (κ2) is 6.32. The highest BCUT2D eigenvalue weighted by molar-refractivity contribution is 5.82. The highest BCUT2D eigenvalue weighted by Crippen LogP contribution is 2.32. The van der Waals surface area contributed by atoms with Crippen molar-refractivity contribution < 1.29 is 4.39 Å². The van der Waals surface area contributed by atoms with Crippen LogP contribution in [0.3, 0.4) is 0 Å². The number of hydrogen-bond acceptors (Lipinski definition) is 2. The van der Waals surface area contributed by atoms with E-state index >= 15 is 0 Å². The fourth-order valence-electron chi connectivity index (χ4n) is 3.20. The van der Waals surface area contributed by atoms with Gasteiger partial charge in [-0.05, 0) is 54.0 Å². The average Bonchev–Trinajstić information content (AvgIpc) is 3.13. The Morgan fingerprint density at radius 3 is 2.42 bits per heavy atom. The van der Waals surface area contributed by atoms with Crippen LogP contribution in [0.25, 0.3) is 16.7 Å². The quantitative estimate of drug-likeness (QED) is 0.770. The SMILES string of the molecule is Fc1ccc(N2CC=C(c3c[nH]cc3-c3ccncc3)CC2)cc1. The second-order valence-electron chi connectivity index (χ2n) is 5.92. The van der Waals surface area contributed by atoms with Crippen molar-refractivity contribution in [3.63, 3.8) is 0 Å². The van der Waals surface area contributed by atoms with Crippen LogP contribution in [-0.4, -0.2) is 23.1 Å². The Bertz CT molecular complexity index is 850. The number of anilines is 1. The molecule has 0 radical (unpaired) electrons. The maximum absolute atomic E-state index is 13.1. The molecular formula is C20H18FN3. The van der Waals surface area contributed by atoms with Crippen molar-refractivity contribution in [3.05, 3.63) is 78.6 Å². The lowest BCUT2D eigenvalue weighted by Crippen LogP contribution is -2.28. The molecule has 4 rings (SSSR count). The molecule has 3 heterocycles. The molecule has 0 atom stereocenters. The third-order valence-electron chi connectivity index (χ3n) is 4.48. The lowest BCUT2D eigenvalue weighted by atomic mass is 9.95. The zero-order chi connectivity index (χ0) is 16.4. The normalized spacial score (nSPS) is 14.5. The Balaban J connectivity index is 1.57. The van der Waals surface area contributed by atoms with Gasteiger partial charge in [-0.25, -0.2) is 4.39 Å². The van der Waals surface area contributed by atoms with E-state index in [1.54, 1.807) is 0 Å². The standard InChI is InChI=1S/C20H18FN3/c21-17-1-3-18(4-2-17)24-11-7-16(8-12-24)20-14-23-13-19(20)15-5-9-22-10-6-15/h1-7,9-10,13-14,23H,8,11-12H2. The number of hydrogen-bond donors (Lipinski definition) is 1. The molecule has 0 saturated carbocycles. The van der Waals surface area contributed by atoms with Crippen LogP contribution in [0.15, 0.2) is 67.3 Å². The third-order valence-corrected chi connectivity index (χ3v) is 4.48. The minimum atomic E-state index is -0.193. The Morgan fingerprint density at radius 2 is 1.71 bits per heavy atom. The second-order valence-corrected chi connectivity index (χ2v) is 5.92. The van der Waals surface area contributed by atoms with Crippen molar-refractivity contribution in [2.45, 2.75) is 6.42 Å². The first-order valence-electron chi connectivity index (χ1n) is 8.08. The lowest BCUT2D eigenvalue weighted by Gasteiger charge is -2.28. The van der Waals surface area contributed by atoms with Gasteiger partial charge in [-0.1, -0.05) is 6.08 Å². The predicted octanol–water partition coefficient (Wildman–Crippen LogP) is 4.51. The summed E-state index contributed by atoms with van der Waals surface area (Å²) in [6, 6.07) is 10.8. The monoisotopic (exact) mass is 319 g/mol. The maximum atomic E-state index is 13.1. The number of benzene rings is 1. The minimum Gasteiger partial charge on any atom is -0.367 e. The van der Waals surface area contributed by atoms with Crippen molar-refractivity contribution in [1.82, 2.24) is 9.97 Å². The van der Waals surface area contributed by atoms with E-state index in [-0.39, 0.29) is 5.82 Å². The summed E-state index contributed by atoms with van der Waals surface area (Å²) in [5, 5.41) is 0. The number of pyridine rings is 1. The molecule has 4 heteroatoms. The van der Waals surface area contributed by atoms with E-state index in [2.05, 4.69) is 27.1 Å². The minimum absolute atomic E-state index is 0.193. The van der Waals surface area contributed by atoms with E-state index in [1.807, 2.05) is 42.9 Å². The van der Waals surface area contributed by atoms with Crippen LogP contribution in [-0.2, 0) is 0 Å². The topological polar surface area (TPSA) is 31.9 Å². The number of rotatable bonds is 3. The molecule has 1 aliphatic rings. The van der Waals surface area contributed by atoms with Gasteiger partial charge in [-0.3, -0.25) is 4.98 Å². The molecule has 0 unspecified atom stereocenters. The molecule has 0 fully saturated rings. The summed E-state index contributed by atoms with van der Waals surface area (Å²) < 4.78 is 13.1. The van der Waals surface area contributed by atoms with Gasteiger partial charge < -0.3 is 9.88 Å². The summed E-state index contributed by atoms with van der Waals surface area (Å²) in [6.07, 6.45) is 11.0. The fraction of sp³-hybridized carbons (Fsp3) is 0.150. The van der Waals surface area contributed by atoms with Gasteiger partial charge in [0.2, 0.25) is 0 Å². The first kappa shape index (κ1) is 14.7. The number of aromatic amines is 1. The number of nitrogens with one attached hydrogen (secondary N) is 1. The molecule has 1 N–H and O–H groups in total. The summed E-state index contributed by atoms with van der Waals surface area (Å²) in [5.74, 6) is -0.193. The molecule has 0 saturated heterocycles. The van der Waals surface area contributed by atoms with Crippen LogP contribution in [0.5, 0.6) is 0 Å². The average molecular weight is 319 g/mol. The van der Waals surface area contributed by atoms with Gasteiger partial charge in [-0.2, -0.15) is 0 Å². The number of halogens is 1. The van der Waals surface area contributed by atoms with Crippen molar-refractivity contribution in [3.8, 4) is 11.1 Å². The van der Waals surface area contributed by atoms with E-state index in [0.29, 0.717) is 0 Å². The summed E-state index contributed by atoms with van der Waals surface area (Å²) in [4.78, 5) is 9.58. The van der Waals surface area contributed by atoms with E-state index in [0.717, 1.165) is 25.2 Å². The Kier molecular flexibility index (Phi) is 3.87. The molecule has 1 aromatic carbocycles. The van der Waals surface area contributed by atoms with Gasteiger partial charge >= 0.3 is 0 Å². The molecule has 0 spiro atoms. The summed E-state index contributed by atoms with van der Waals surface area (Å²) in [5.41, 5.74) is 6.04. The smallest absolute Gasteiger partial charge is 0.123 e. The molecule has 0 bridgehead atoms. The number of nitrogens with zero attached hydrogens (tertiary/aromatic N) is 2. The summed E-state index contributed by atoms with van der Waals surface area (Å²) in [7, 11) is 0. The predicted molar refractivity (Wildman–Crippen MR) is 95.2 cm³/mol. The zero-order valence-electron chi connectivity index (χ0n) is 13.2. The van der Waals surface area contributed by atoms with Crippen molar-refractivity contribution >= 4 is 11.3 Å². The molecule has 3 aromatic rings. The lowest BCUT2D eigenvalue weighted by molar-refractivity contribution is 0.627. The van der Waals surface area contributed by atoms with E-state index < -0.39 is 0 Å². The van der Waals surface area contributed by atoms with E-state index in [9.17, 15) is 4.39 Å². The van der Waals surface area contributed by atoms with Gasteiger partial charge in [0.05, 0.1) is 0 Å². The van der Waals surface area contributed by atoms with Crippen LogP contribution in [0, 0.1) is 5.82 Å². The van der Waals surface area contributed by atoms with Crippen LogP contribution in [0.2, 0.25) is 0 Å². The van der Waals surface area contributed by atoms with E-state index in [1.165, 1.54) is 34.4 Å². The van der Waals surface area contributed by atoms with E-state index in [4.69, 9.17) is 0 Å². The van der Waals surface area contributed by atoms with Crippen LogP contribution < -0.4 is 4.90 Å². The highest BCUT2D eigenvalue weighted by atomic mass is 19.1. The van der Waals surface area contributed by atoms with Crippen LogP contribution in [0.1, 0.15) is 12.0 Å². The van der Waals surface area contributed by atoms with Crippen LogP contribution in [0.4, 0.5) is 10.1 Å². The van der Waals surface area contributed by atoms with Gasteiger partial charge in [0, 0.05) is 54.7 Å². The first-order chi connectivity index (χ1) is 11.8. The van der Waals surface area contributed by atoms with Crippen molar-refractivity contribution in [2.75, 3.05) is 18.0 Å². The Morgan fingerprint density at radius 1 is 0.958 bits per heavy atom. The molecule has 0 amide bonds.